The summed E-state index contributed by atoms with van der Waals surface area (Å²) in [6, 6.07) is 11.4. The van der Waals surface area contributed by atoms with Crippen LogP contribution >= 0.6 is 23.2 Å². The number of H-pyrrole nitrogens is 1. The van der Waals surface area contributed by atoms with E-state index in [1.807, 2.05) is 36.4 Å². The maximum Gasteiger partial charge on any atom is 0.123 e. The van der Waals surface area contributed by atoms with Crippen molar-refractivity contribution in [1.29, 1.82) is 0 Å². The van der Waals surface area contributed by atoms with Crippen molar-refractivity contribution >= 4 is 34.1 Å². The van der Waals surface area contributed by atoms with Gasteiger partial charge in [-0.1, -0.05) is 23.2 Å². The molecule has 1 heterocycles. The molecule has 0 radical (unpaired) electrons. The Hall–Kier alpha value is -1.84. The summed E-state index contributed by atoms with van der Waals surface area (Å²) >= 11 is 12.1. The third-order valence-electron chi connectivity index (χ3n) is 3.32. The molecule has 0 atom stereocenters. The van der Waals surface area contributed by atoms with Crippen molar-refractivity contribution in [2.45, 2.75) is 0 Å². The molecular formula is C16H13Cl2NO2. The first-order valence-electron chi connectivity index (χ1n) is 6.32. The summed E-state index contributed by atoms with van der Waals surface area (Å²) < 4.78 is 10.6. The van der Waals surface area contributed by atoms with E-state index in [0.29, 0.717) is 10.0 Å². The molecule has 5 heteroatoms. The minimum atomic E-state index is 0.529. The summed E-state index contributed by atoms with van der Waals surface area (Å²) in [5.74, 6) is 1.47. The van der Waals surface area contributed by atoms with E-state index in [-0.39, 0.29) is 0 Å². The Morgan fingerprint density at radius 3 is 2.05 bits per heavy atom. The number of aromatic nitrogens is 1. The predicted molar refractivity (Wildman–Crippen MR) is 86.9 cm³/mol. The van der Waals surface area contributed by atoms with Crippen LogP contribution in [0.4, 0.5) is 0 Å². The average molecular weight is 322 g/mol. The maximum absolute atomic E-state index is 6.05. The standard InChI is InChI=1S/C16H13Cl2NO2/c1-20-11-3-9(4-12(7-11)21-2)15-6-10-5-13(17)14(18)8-16(10)19-15/h3-8,19H,1-2H3. The Morgan fingerprint density at radius 1 is 0.810 bits per heavy atom. The van der Waals surface area contributed by atoms with Crippen molar-refractivity contribution < 1.29 is 9.47 Å². The highest BCUT2D eigenvalue weighted by Gasteiger charge is 2.09. The number of halogens is 2. The largest absolute Gasteiger partial charge is 0.497 e. The monoisotopic (exact) mass is 321 g/mol. The van der Waals surface area contributed by atoms with Crippen LogP contribution in [-0.4, -0.2) is 19.2 Å². The van der Waals surface area contributed by atoms with E-state index in [1.165, 1.54) is 0 Å². The Labute approximate surface area is 132 Å². The molecule has 0 fully saturated rings. The molecule has 0 amide bonds. The molecule has 0 saturated carbocycles. The van der Waals surface area contributed by atoms with Crippen LogP contribution in [0.25, 0.3) is 22.2 Å². The number of benzene rings is 2. The summed E-state index contributed by atoms with van der Waals surface area (Å²) in [7, 11) is 3.26. The third kappa shape index (κ3) is 2.67. The Morgan fingerprint density at radius 2 is 1.43 bits per heavy atom. The zero-order valence-corrected chi connectivity index (χ0v) is 13.0. The van der Waals surface area contributed by atoms with E-state index in [2.05, 4.69) is 4.98 Å². The molecule has 0 bridgehead atoms. The lowest BCUT2D eigenvalue weighted by Gasteiger charge is -2.07. The molecule has 21 heavy (non-hydrogen) atoms. The second kappa shape index (κ2) is 5.51. The fourth-order valence-corrected chi connectivity index (χ4v) is 2.58. The van der Waals surface area contributed by atoms with Crippen LogP contribution < -0.4 is 9.47 Å². The highest BCUT2D eigenvalue weighted by Crippen LogP contribution is 2.33. The van der Waals surface area contributed by atoms with Gasteiger partial charge in [0, 0.05) is 28.2 Å². The maximum atomic E-state index is 6.05. The lowest BCUT2D eigenvalue weighted by molar-refractivity contribution is 0.394. The zero-order valence-electron chi connectivity index (χ0n) is 11.5. The SMILES string of the molecule is COc1cc(OC)cc(-c2cc3cc(Cl)c(Cl)cc3[nH]2)c1. The van der Waals surface area contributed by atoms with Gasteiger partial charge in [-0.3, -0.25) is 0 Å². The number of fused-ring (bicyclic) bond motifs is 1. The molecule has 0 aliphatic carbocycles. The summed E-state index contributed by atoms with van der Waals surface area (Å²) in [6.45, 7) is 0. The molecule has 0 aliphatic heterocycles. The van der Waals surface area contributed by atoms with Gasteiger partial charge in [0.15, 0.2) is 0 Å². The summed E-state index contributed by atoms with van der Waals surface area (Å²) in [4.78, 5) is 3.33. The molecule has 0 saturated heterocycles. The molecule has 3 aromatic rings. The van der Waals surface area contributed by atoms with Crippen LogP contribution in [0.5, 0.6) is 11.5 Å². The van der Waals surface area contributed by atoms with Gasteiger partial charge in [-0.25, -0.2) is 0 Å². The van der Waals surface area contributed by atoms with E-state index < -0.39 is 0 Å². The van der Waals surface area contributed by atoms with Gasteiger partial charge in [0.1, 0.15) is 11.5 Å². The van der Waals surface area contributed by atoms with Crippen molar-refractivity contribution in [1.82, 2.24) is 4.98 Å². The van der Waals surface area contributed by atoms with Crippen molar-refractivity contribution in [3.63, 3.8) is 0 Å². The lowest BCUT2D eigenvalue weighted by Crippen LogP contribution is -1.88. The van der Waals surface area contributed by atoms with E-state index in [4.69, 9.17) is 32.7 Å². The van der Waals surface area contributed by atoms with Crippen LogP contribution in [0.3, 0.4) is 0 Å². The highest BCUT2D eigenvalue weighted by atomic mass is 35.5. The van der Waals surface area contributed by atoms with Crippen LogP contribution in [-0.2, 0) is 0 Å². The number of aromatic amines is 1. The van der Waals surface area contributed by atoms with Gasteiger partial charge in [-0.05, 0) is 30.3 Å². The molecular weight excluding hydrogens is 309 g/mol. The van der Waals surface area contributed by atoms with Crippen LogP contribution in [0.2, 0.25) is 10.0 Å². The van der Waals surface area contributed by atoms with Crippen molar-refractivity contribution in [3.05, 3.63) is 46.4 Å². The minimum absolute atomic E-state index is 0.529. The first-order valence-corrected chi connectivity index (χ1v) is 7.07. The third-order valence-corrected chi connectivity index (χ3v) is 4.05. The van der Waals surface area contributed by atoms with E-state index in [9.17, 15) is 0 Å². The van der Waals surface area contributed by atoms with Gasteiger partial charge in [0.05, 0.1) is 24.3 Å². The number of methoxy groups -OCH3 is 2. The Balaban J connectivity index is 2.15. The molecule has 0 aliphatic rings. The second-order valence-corrected chi connectivity index (χ2v) is 5.45. The predicted octanol–water partition coefficient (Wildman–Crippen LogP) is 5.16. The summed E-state index contributed by atoms with van der Waals surface area (Å²) in [6.07, 6.45) is 0. The normalized spacial score (nSPS) is 10.9. The van der Waals surface area contributed by atoms with Gasteiger partial charge < -0.3 is 14.5 Å². The van der Waals surface area contributed by atoms with Gasteiger partial charge in [0.2, 0.25) is 0 Å². The number of hydrogen-bond acceptors (Lipinski definition) is 2. The summed E-state index contributed by atoms with van der Waals surface area (Å²) in [5.41, 5.74) is 2.84. The first-order chi connectivity index (χ1) is 10.1. The lowest BCUT2D eigenvalue weighted by atomic mass is 10.1. The molecule has 3 rings (SSSR count). The fraction of sp³-hybridized carbons (Fsp3) is 0.125. The smallest absolute Gasteiger partial charge is 0.123 e. The molecule has 0 unspecified atom stereocenters. The topological polar surface area (TPSA) is 34.2 Å². The zero-order chi connectivity index (χ0) is 15.0. The van der Waals surface area contributed by atoms with E-state index in [0.717, 1.165) is 33.7 Å². The van der Waals surface area contributed by atoms with Gasteiger partial charge in [0.25, 0.3) is 0 Å². The second-order valence-electron chi connectivity index (χ2n) is 4.64. The van der Waals surface area contributed by atoms with Crippen molar-refractivity contribution in [3.8, 4) is 22.8 Å². The Bertz CT molecular complexity index is 750. The first kappa shape index (κ1) is 14.1. The number of rotatable bonds is 3. The van der Waals surface area contributed by atoms with Crippen LogP contribution in [0.1, 0.15) is 0 Å². The van der Waals surface area contributed by atoms with Gasteiger partial charge in [-0.15, -0.1) is 0 Å². The minimum Gasteiger partial charge on any atom is -0.497 e. The van der Waals surface area contributed by atoms with Gasteiger partial charge >= 0.3 is 0 Å². The van der Waals surface area contributed by atoms with Crippen molar-refractivity contribution in [2.75, 3.05) is 14.2 Å². The average Bonchev–Trinajstić information content (AvgIpc) is 2.90. The molecule has 108 valence electrons. The quantitative estimate of drug-likeness (QED) is 0.723. The van der Waals surface area contributed by atoms with Crippen LogP contribution in [0, 0.1) is 0 Å². The number of nitrogens with one attached hydrogen (secondary N) is 1. The molecule has 3 nitrogen and oxygen atoms in total. The fourth-order valence-electron chi connectivity index (χ4n) is 2.25. The number of hydrogen-bond donors (Lipinski definition) is 1. The molecule has 2 aromatic carbocycles. The highest BCUT2D eigenvalue weighted by molar-refractivity contribution is 6.42. The molecule has 1 aromatic heterocycles. The van der Waals surface area contributed by atoms with Crippen molar-refractivity contribution in [2.24, 2.45) is 0 Å². The van der Waals surface area contributed by atoms with E-state index >= 15 is 0 Å². The molecule has 0 spiro atoms. The van der Waals surface area contributed by atoms with Gasteiger partial charge in [-0.2, -0.15) is 0 Å². The van der Waals surface area contributed by atoms with E-state index in [1.54, 1.807) is 14.2 Å². The number of ether oxygens (including phenoxy) is 2. The summed E-state index contributed by atoms with van der Waals surface area (Å²) in [5, 5.41) is 2.07. The Kier molecular flexibility index (Phi) is 3.70. The van der Waals surface area contributed by atoms with Crippen LogP contribution in [0.15, 0.2) is 36.4 Å². The molecule has 1 N–H and O–H groups in total.